The molecule has 102 valence electrons. The average molecular weight is 266 g/mol. The third-order valence-electron chi connectivity index (χ3n) is 3.69. The van der Waals surface area contributed by atoms with E-state index in [2.05, 4.69) is 0 Å². The first-order valence-corrected chi connectivity index (χ1v) is 6.21. The molecule has 0 bridgehead atoms. The number of benzene rings is 1. The molecule has 1 aliphatic heterocycles. The summed E-state index contributed by atoms with van der Waals surface area (Å²) < 4.78 is 38.0. The average Bonchev–Trinajstić information content (AvgIpc) is 2.50. The van der Waals surface area contributed by atoms with Gasteiger partial charge in [0.1, 0.15) is 0 Å². The second-order valence-corrected chi connectivity index (χ2v) is 5.63. The van der Waals surface area contributed by atoms with Gasteiger partial charge in [-0.05, 0) is 33.8 Å². The zero-order valence-corrected chi connectivity index (χ0v) is 11.5. The van der Waals surface area contributed by atoms with Crippen molar-refractivity contribution in [2.24, 2.45) is 0 Å². The third kappa shape index (κ3) is 2.72. The molecule has 1 heterocycles. The first-order chi connectivity index (χ1) is 8.73. The van der Waals surface area contributed by atoms with Crippen LogP contribution in [0.3, 0.4) is 0 Å². The smallest absolute Gasteiger partial charge is 0.400 e. The lowest BCUT2D eigenvalue weighted by Gasteiger charge is -2.32. The maximum atomic E-state index is 13.5. The molecule has 1 fully saturated rings. The molecular weight excluding hydrogens is 249 g/mol. The highest BCUT2D eigenvalue weighted by molar-refractivity contribution is 6.52. The molecular formula is C14H17BF2O2. The molecule has 0 aliphatic carbocycles. The fraction of sp³-hybridized carbons (Fsp3) is 0.429. The minimum Gasteiger partial charge on any atom is -0.400 e. The van der Waals surface area contributed by atoms with Crippen LogP contribution in [0, 0.1) is 11.6 Å². The molecule has 1 aliphatic rings. The SMILES string of the molecule is CC1(C)OB(/C=C/c2cccc(F)c2F)OC1(C)C. The molecule has 5 heteroatoms. The van der Waals surface area contributed by atoms with Gasteiger partial charge >= 0.3 is 7.12 Å². The molecule has 0 atom stereocenters. The topological polar surface area (TPSA) is 18.5 Å². The van der Waals surface area contributed by atoms with E-state index in [1.165, 1.54) is 18.2 Å². The Kier molecular flexibility index (Phi) is 3.54. The van der Waals surface area contributed by atoms with Crippen molar-refractivity contribution < 1.29 is 18.1 Å². The molecule has 0 spiro atoms. The van der Waals surface area contributed by atoms with E-state index in [0.717, 1.165) is 6.07 Å². The van der Waals surface area contributed by atoms with Crippen molar-refractivity contribution in [1.82, 2.24) is 0 Å². The first-order valence-electron chi connectivity index (χ1n) is 6.21. The monoisotopic (exact) mass is 266 g/mol. The number of hydrogen-bond acceptors (Lipinski definition) is 2. The van der Waals surface area contributed by atoms with Crippen LogP contribution in [0.1, 0.15) is 33.3 Å². The molecule has 19 heavy (non-hydrogen) atoms. The number of rotatable bonds is 2. The van der Waals surface area contributed by atoms with Crippen LogP contribution < -0.4 is 0 Å². The fourth-order valence-corrected chi connectivity index (χ4v) is 1.80. The van der Waals surface area contributed by atoms with Crippen LogP contribution in [0.2, 0.25) is 0 Å². The van der Waals surface area contributed by atoms with Crippen molar-refractivity contribution in [3.05, 3.63) is 41.4 Å². The van der Waals surface area contributed by atoms with Gasteiger partial charge in [-0.2, -0.15) is 0 Å². The van der Waals surface area contributed by atoms with E-state index in [0.29, 0.717) is 0 Å². The predicted octanol–water partition coefficient (Wildman–Crippen LogP) is 3.61. The van der Waals surface area contributed by atoms with Crippen LogP contribution in [-0.2, 0) is 9.31 Å². The van der Waals surface area contributed by atoms with Crippen molar-refractivity contribution in [3.63, 3.8) is 0 Å². The van der Waals surface area contributed by atoms with E-state index in [9.17, 15) is 8.78 Å². The zero-order chi connectivity index (χ0) is 14.3. The Hall–Kier alpha value is -1.20. The molecule has 2 nitrogen and oxygen atoms in total. The van der Waals surface area contributed by atoms with Crippen LogP contribution in [-0.4, -0.2) is 18.3 Å². The lowest BCUT2D eigenvalue weighted by molar-refractivity contribution is 0.00578. The van der Waals surface area contributed by atoms with E-state index in [1.807, 2.05) is 27.7 Å². The zero-order valence-electron chi connectivity index (χ0n) is 11.5. The van der Waals surface area contributed by atoms with Gasteiger partial charge in [0.25, 0.3) is 0 Å². The standard InChI is InChI=1S/C14H17BF2O2/c1-13(2)14(3,4)19-15(18-13)9-8-10-6-5-7-11(16)12(10)17/h5-9H,1-4H3/b9-8+. The number of halogens is 2. The summed E-state index contributed by atoms with van der Waals surface area (Å²) in [6.45, 7) is 7.74. The van der Waals surface area contributed by atoms with E-state index in [1.54, 1.807) is 5.98 Å². The first kappa shape index (κ1) is 14.2. The lowest BCUT2D eigenvalue weighted by Crippen LogP contribution is -2.41. The highest BCUT2D eigenvalue weighted by atomic mass is 19.2. The largest absolute Gasteiger partial charge is 0.487 e. The molecule has 0 amide bonds. The normalized spacial score (nSPS) is 21.3. The van der Waals surface area contributed by atoms with Crippen molar-refractivity contribution in [1.29, 1.82) is 0 Å². The maximum Gasteiger partial charge on any atom is 0.487 e. The van der Waals surface area contributed by atoms with Crippen LogP contribution in [0.5, 0.6) is 0 Å². The minimum atomic E-state index is -0.865. The summed E-state index contributed by atoms with van der Waals surface area (Å²) in [5, 5.41) is 0. The Morgan fingerprint density at radius 2 is 1.63 bits per heavy atom. The highest BCUT2D eigenvalue weighted by Gasteiger charge is 2.49. The predicted molar refractivity (Wildman–Crippen MR) is 71.5 cm³/mol. The van der Waals surface area contributed by atoms with Gasteiger partial charge in [0.2, 0.25) is 0 Å². The molecule has 1 saturated heterocycles. The molecule has 2 rings (SSSR count). The van der Waals surface area contributed by atoms with E-state index < -0.39 is 30.0 Å². The molecule has 1 aromatic rings. The van der Waals surface area contributed by atoms with Gasteiger partial charge in [-0.3, -0.25) is 0 Å². The van der Waals surface area contributed by atoms with Gasteiger partial charge in [0.15, 0.2) is 11.6 Å². The Labute approximate surface area is 112 Å². The molecule has 0 N–H and O–H groups in total. The van der Waals surface area contributed by atoms with Gasteiger partial charge < -0.3 is 9.31 Å². The molecule has 1 aromatic carbocycles. The summed E-state index contributed by atoms with van der Waals surface area (Å²) in [6.07, 6.45) is 1.47. The van der Waals surface area contributed by atoms with Gasteiger partial charge in [-0.25, -0.2) is 8.78 Å². The molecule has 0 saturated carbocycles. The minimum absolute atomic E-state index is 0.176. The summed E-state index contributed by atoms with van der Waals surface area (Å²) in [5.41, 5.74) is -0.708. The summed E-state index contributed by atoms with van der Waals surface area (Å²) in [4.78, 5) is 0. The molecule has 0 unspecified atom stereocenters. The number of hydrogen-bond donors (Lipinski definition) is 0. The molecule has 0 aromatic heterocycles. The third-order valence-corrected chi connectivity index (χ3v) is 3.69. The van der Waals surface area contributed by atoms with E-state index in [4.69, 9.17) is 9.31 Å². The van der Waals surface area contributed by atoms with Crippen LogP contribution in [0.25, 0.3) is 6.08 Å². The van der Waals surface area contributed by atoms with Crippen LogP contribution >= 0.6 is 0 Å². The van der Waals surface area contributed by atoms with Crippen molar-refractivity contribution in [3.8, 4) is 0 Å². The summed E-state index contributed by atoms with van der Waals surface area (Å²) in [7, 11) is -0.562. The Bertz CT molecular complexity index is 496. The summed E-state index contributed by atoms with van der Waals surface area (Å²) >= 11 is 0. The second-order valence-electron chi connectivity index (χ2n) is 5.63. The Morgan fingerprint density at radius 1 is 1.05 bits per heavy atom. The summed E-state index contributed by atoms with van der Waals surface area (Å²) in [6, 6.07) is 4.05. The van der Waals surface area contributed by atoms with Gasteiger partial charge in [-0.15, -0.1) is 0 Å². The van der Waals surface area contributed by atoms with Crippen molar-refractivity contribution >= 4 is 13.2 Å². The van der Waals surface area contributed by atoms with Crippen LogP contribution in [0.4, 0.5) is 8.78 Å². The van der Waals surface area contributed by atoms with Gasteiger partial charge in [-0.1, -0.05) is 24.2 Å². The van der Waals surface area contributed by atoms with Gasteiger partial charge in [0, 0.05) is 5.56 Å². The summed E-state index contributed by atoms with van der Waals surface area (Å²) in [5.74, 6) is -0.139. The van der Waals surface area contributed by atoms with E-state index >= 15 is 0 Å². The van der Waals surface area contributed by atoms with E-state index in [-0.39, 0.29) is 5.56 Å². The Balaban J connectivity index is 2.15. The Morgan fingerprint density at radius 3 is 2.21 bits per heavy atom. The van der Waals surface area contributed by atoms with Crippen molar-refractivity contribution in [2.45, 2.75) is 38.9 Å². The quantitative estimate of drug-likeness (QED) is 0.761. The van der Waals surface area contributed by atoms with Gasteiger partial charge in [0.05, 0.1) is 11.2 Å². The fourth-order valence-electron chi connectivity index (χ4n) is 1.80. The molecule has 0 radical (unpaired) electrons. The second kappa shape index (κ2) is 4.73. The lowest BCUT2D eigenvalue weighted by atomic mass is 9.89. The van der Waals surface area contributed by atoms with Crippen LogP contribution in [0.15, 0.2) is 24.2 Å². The highest BCUT2D eigenvalue weighted by Crippen LogP contribution is 2.37. The maximum absolute atomic E-state index is 13.5. The van der Waals surface area contributed by atoms with Crippen molar-refractivity contribution in [2.75, 3.05) is 0 Å².